The zero-order valence-corrected chi connectivity index (χ0v) is 13.5. The van der Waals surface area contributed by atoms with E-state index < -0.39 is 0 Å². The third kappa shape index (κ3) is 2.85. The normalized spacial score (nSPS) is 11.6. The Kier molecular flexibility index (Phi) is 4.62. The zero-order valence-electron chi connectivity index (χ0n) is 10.8. The van der Waals surface area contributed by atoms with Crippen molar-refractivity contribution < 1.29 is 0 Å². The molecular formula is C16H19ClSi. The van der Waals surface area contributed by atoms with Crippen molar-refractivity contribution in [3.8, 4) is 0 Å². The monoisotopic (exact) mass is 274 g/mol. The maximum absolute atomic E-state index is 5.90. The van der Waals surface area contributed by atoms with Gasteiger partial charge in [-0.05, 0) is 24.0 Å². The standard InChI is InChI=1S/C16H19ClSi/c17-13-7-12-16(18,14-8-3-1-4-9-14)15-10-5-2-6-11-15/h1-6,8-11H,7,12-13H2,18H3. The first-order valence-corrected chi connectivity index (χ1v) is 7.98. The maximum Gasteiger partial charge on any atom is 0.0223 e. The van der Waals surface area contributed by atoms with Gasteiger partial charge in [0.05, 0.1) is 0 Å². The molecule has 0 unspecified atom stereocenters. The van der Waals surface area contributed by atoms with Gasteiger partial charge in [0.2, 0.25) is 0 Å². The van der Waals surface area contributed by atoms with Crippen LogP contribution in [0.3, 0.4) is 0 Å². The Morgan fingerprint density at radius 3 is 1.67 bits per heavy atom. The predicted molar refractivity (Wildman–Crippen MR) is 83.6 cm³/mol. The van der Waals surface area contributed by atoms with Gasteiger partial charge in [-0.15, -0.1) is 11.6 Å². The average Bonchev–Trinajstić information content (AvgIpc) is 2.46. The molecule has 94 valence electrons. The number of halogens is 1. The summed E-state index contributed by atoms with van der Waals surface area (Å²) in [6.07, 6.45) is 2.20. The molecule has 2 rings (SSSR count). The van der Waals surface area contributed by atoms with Crippen LogP contribution in [-0.4, -0.2) is 16.1 Å². The molecule has 0 saturated heterocycles. The molecule has 0 aliphatic heterocycles. The molecule has 0 radical (unpaired) electrons. The number of hydrogen-bond acceptors (Lipinski definition) is 0. The molecule has 0 fully saturated rings. The minimum absolute atomic E-state index is 0.192. The molecule has 2 heteroatoms. The fourth-order valence-corrected chi connectivity index (χ4v) is 3.64. The first-order chi connectivity index (χ1) is 8.77. The third-order valence-corrected chi connectivity index (χ3v) is 5.55. The quantitative estimate of drug-likeness (QED) is 0.580. The Labute approximate surface area is 117 Å². The fourth-order valence-electron chi connectivity index (χ4n) is 2.49. The van der Waals surface area contributed by atoms with Crippen LogP contribution in [0, 0.1) is 0 Å². The molecular weight excluding hydrogens is 256 g/mol. The van der Waals surface area contributed by atoms with E-state index >= 15 is 0 Å². The van der Waals surface area contributed by atoms with Crippen molar-refractivity contribution in [2.45, 2.75) is 17.9 Å². The van der Waals surface area contributed by atoms with Crippen molar-refractivity contribution >= 4 is 21.8 Å². The summed E-state index contributed by atoms with van der Waals surface area (Å²) in [7, 11) is 1.10. The molecule has 0 aliphatic rings. The van der Waals surface area contributed by atoms with Crippen LogP contribution in [0.25, 0.3) is 0 Å². The first-order valence-electron chi connectivity index (χ1n) is 6.44. The van der Waals surface area contributed by atoms with E-state index in [-0.39, 0.29) is 5.04 Å². The maximum atomic E-state index is 5.90. The molecule has 0 bridgehead atoms. The van der Waals surface area contributed by atoms with Gasteiger partial charge in [-0.25, -0.2) is 0 Å². The Morgan fingerprint density at radius 2 is 1.28 bits per heavy atom. The smallest absolute Gasteiger partial charge is 0.0223 e. The van der Waals surface area contributed by atoms with Gasteiger partial charge in [-0.2, -0.15) is 0 Å². The lowest BCUT2D eigenvalue weighted by atomic mass is 9.86. The van der Waals surface area contributed by atoms with Gasteiger partial charge in [0.25, 0.3) is 0 Å². The molecule has 18 heavy (non-hydrogen) atoms. The van der Waals surface area contributed by atoms with Crippen LogP contribution in [0.1, 0.15) is 24.0 Å². The van der Waals surface area contributed by atoms with Crippen LogP contribution in [0.2, 0.25) is 0 Å². The van der Waals surface area contributed by atoms with E-state index in [4.69, 9.17) is 11.6 Å². The van der Waals surface area contributed by atoms with Crippen molar-refractivity contribution in [1.29, 1.82) is 0 Å². The average molecular weight is 275 g/mol. The minimum Gasteiger partial charge on any atom is -0.127 e. The molecule has 0 nitrogen and oxygen atoms in total. The minimum atomic E-state index is 0.192. The van der Waals surface area contributed by atoms with Gasteiger partial charge < -0.3 is 0 Å². The van der Waals surface area contributed by atoms with E-state index in [9.17, 15) is 0 Å². The number of rotatable bonds is 5. The van der Waals surface area contributed by atoms with Crippen molar-refractivity contribution in [1.82, 2.24) is 0 Å². The highest BCUT2D eigenvalue weighted by atomic mass is 35.5. The van der Waals surface area contributed by atoms with Crippen LogP contribution < -0.4 is 0 Å². The van der Waals surface area contributed by atoms with Gasteiger partial charge in [-0.1, -0.05) is 60.7 Å². The summed E-state index contributed by atoms with van der Waals surface area (Å²) >= 11 is 5.90. The highest BCUT2D eigenvalue weighted by molar-refractivity contribution is 6.19. The zero-order chi connectivity index (χ0) is 12.8. The third-order valence-electron chi connectivity index (χ3n) is 3.63. The second-order valence-corrected chi connectivity index (χ2v) is 6.94. The van der Waals surface area contributed by atoms with Gasteiger partial charge >= 0.3 is 0 Å². The van der Waals surface area contributed by atoms with Crippen LogP contribution in [-0.2, 0) is 5.04 Å². The molecule has 0 amide bonds. The van der Waals surface area contributed by atoms with E-state index in [1.54, 1.807) is 0 Å². The van der Waals surface area contributed by atoms with Gasteiger partial charge in [-0.3, -0.25) is 0 Å². The van der Waals surface area contributed by atoms with Crippen molar-refractivity contribution in [3.05, 3.63) is 71.8 Å². The highest BCUT2D eigenvalue weighted by Gasteiger charge is 2.27. The summed E-state index contributed by atoms with van der Waals surface area (Å²) in [5, 5.41) is 0.192. The van der Waals surface area contributed by atoms with E-state index in [2.05, 4.69) is 60.7 Å². The lowest BCUT2D eigenvalue weighted by molar-refractivity contribution is 0.635. The summed E-state index contributed by atoms with van der Waals surface area (Å²) in [5.41, 5.74) is 2.85. The lowest BCUT2D eigenvalue weighted by Gasteiger charge is -2.31. The van der Waals surface area contributed by atoms with Gasteiger partial charge in [0.15, 0.2) is 0 Å². The predicted octanol–water partition coefficient (Wildman–Crippen LogP) is 3.31. The van der Waals surface area contributed by atoms with Crippen LogP contribution >= 0.6 is 11.6 Å². The summed E-state index contributed by atoms with van der Waals surface area (Å²) in [5.74, 6) is 0.740. The van der Waals surface area contributed by atoms with E-state index in [0.717, 1.165) is 29.0 Å². The highest BCUT2D eigenvalue weighted by Crippen LogP contribution is 2.33. The second kappa shape index (κ2) is 6.21. The summed E-state index contributed by atoms with van der Waals surface area (Å²) in [6.45, 7) is 0. The molecule has 0 aromatic heterocycles. The summed E-state index contributed by atoms with van der Waals surface area (Å²) in [6, 6.07) is 21.7. The molecule has 0 saturated carbocycles. The summed E-state index contributed by atoms with van der Waals surface area (Å²) < 4.78 is 0. The van der Waals surface area contributed by atoms with Crippen molar-refractivity contribution in [2.75, 3.05) is 5.88 Å². The molecule has 0 aliphatic carbocycles. The van der Waals surface area contributed by atoms with E-state index in [1.807, 2.05) is 0 Å². The first kappa shape index (κ1) is 13.4. The van der Waals surface area contributed by atoms with Gasteiger partial charge in [0.1, 0.15) is 0 Å². The Balaban J connectivity index is 2.41. The molecule has 0 spiro atoms. The second-order valence-electron chi connectivity index (χ2n) is 4.86. The van der Waals surface area contributed by atoms with Gasteiger partial charge in [0, 0.05) is 21.2 Å². The molecule has 0 heterocycles. The van der Waals surface area contributed by atoms with Crippen LogP contribution in [0.15, 0.2) is 60.7 Å². The molecule has 0 N–H and O–H groups in total. The van der Waals surface area contributed by atoms with Crippen LogP contribution in [0.5, 0.6) is 0 Å². The van der Waals surface area contributed by atoms with E-state index in [0.29, 0.717) is 0 Å². The SMILES string of the molecule is [SiH3]C(CCCCl)(c1ccccc1)c1ccccc1. The Bertz CT molecular complexity index is 427. The lowest BCUT2D eigenvalue weighted by Crippen LogP contribution is -2.28. The molecule has 2 aromatic rings. The fraction of sp³-hybridized carbons (Fsp3) is 0.250. The largest absolute Gasteiger partial charge is 0.127 e. The Morgan fingerprint density at radius 1 is 0.833 bits per heavy atom. The molecule has 0 atom stereocenters. The number of benzene rings is 2. The molecule has 2 aromatic carbocycles. The summed E-state index contributed by atoms with van der Waals surface area (Å²) in [4.78, 5) is 0. The van der Waals surface area contributed by atoms with Crippen molar-refractivity contribution in [2.24, 2.45) is 0 Å². The van der Waals surface area contributed by atoms with E-state index in [1.165, 1.54) is 11.1 Å². The Hall–Kier alpha value is -1.05. The topological polar surface area (TPSA) is 0 Å². The van der Waals surface area contributed by atoms with Crippen molar-refractivity contribution in [3.63, 3.8) is 0 Å². The number of hydrogen-bond donors (Lipinski definition) is 0. The van der Waals surface area contributed by atoms with Crippen LogP contribution in [0.4, 0.5) is 0 Å². The number of alkyl halides is 1.